The Morgan fingerprint density at radius 2 is 0.570 bits per heavy atom. The summed E-state index contributed by atoms with van der Waals surface area (Å²) in [5.74, 6) is -0.0682. The van der Waals surface area contributed by atoms with Crippen LogP contribution in [0.4, 0.5) is 0 Å². The molecule has 2 unspecified atom stereocenters. The van der Waals surface area contributed by atoms with Crippen LogP contribution in [0.1, 0.15) is 367 Å². The molecular formula is C75H137NO3. The van der Waals surface area contributed by atoms with Crippen LogP contribution in [0.15, 0.2) is 85.1 Å². The second-order valence-electron chi connectivity index (χ2n) is 23.9. The summed E-state index contributed by atoms with van der Waals surface area (Å²) in [6.45, 7) is 4.22. The molecule has 460 valence electrons. The fraction of sp³-hybridized carbons (Fsp3) is 0.800. The van der Waals surface area contributed by atoms with Gasteiger partial charge in [0.05, 0.1) is 18.8 Å². The average Bonchev–Trinajstić information content (AvgIpc) is 3.45. The first-order chi connectivity index (χ1) is 39.2. The Morgan fingerprint density at radius 3 is 0.886 bits per heavy atom. The first-order valence-electron chi connectivity index (χ1n) is 35.3. The zero-order valence-corrected chi connectivity index (χ0v) is 53.1. The van der Waals surface area contributed by atoms with E-state index in [0.717, 1.165) is 64.2 Å². The fourth-order valence-corrected chi connectivity index (χ4v) is 10.8. The van der Waals surface area contributed by atoms with Gasteiger partial charge in [-0.1, -0.05) is 369 Å². The normalized spacial score (nSPS) is 13.2. The number of carbonyl (C=O) groups is 1. The van der Waals surface area contributed by atoms with Crippen molar-refractivity contribution in [1.82, 2.24) is 5.32 Å². The zero-order valence-electron chi connectivity index (χ0n) is 53.1. The quantitative estimate of drug-likeness (QED) is 0.0420. The smallest absolute Gasteiger partial charge is 0.220 e. The predicted molar refractivity (Wildman–Crippen MR) is 354 cm³/mol. The van der Waals surface area contributed by atoms with E-state index in [1.165, 1.54) is 283 Å². The van der Waals surface area contributed by atoms with Gasteiger partial charge in [-0.25, -0.2) is 0 Å². The summed E-state index contributed by atoms with van der Waals surface area (Å²) in [4.78, 5) is 12.5. The largest absolute Gasteiger partial charge is 0.394 e. The molecule has 0 aliphatic rings. The molecule has 3 N–H and O–H groups in total. The molecule has 1 amide bonds. The van der Waals surface area contributed by atoms with Crippen molar-refractivity contribution in [3.05, 3.63) is 85.1 Å². The molecule has 0 fully saturated rings. The Bertz CT molecular complexity index is 1390. The molecule has 0 aliphatic heterocycles. The van der Waals surface area contributed by atoms with E-state index in [0.29, 0.717) is 6.42 Å². The van der Waals surface area contributed by atoms with Crippen LogP contribution in [0.5, 0.6) is 0 Å². The topological polar surface area (TPSA) is 69.6 Å². The summed E-state index contributed by atoms with van der Waals surface area (Å²) < 4.78 is 0. The van der Waals surface area contributed by atoms with Crippen LogP contribution >= 0.6 is 0 Å². The van der Waals surface area contributed by atoms with Gasteiger partial charge in [-0.3, -0.25) is 4.79 Å². The molecule has 0 aliphatic carbocycles. The lowest BCUT2D eigenvalue weighted by atomic mass is 10.0. The molecule has 4 nitrogen and oxygen atoms in total. The van der Waals surface area contributed by atoms with Gasteiger partial charge in [0.25, 0.3) is 0 Å². The Labute approximate surface area is 494 Å². The number of amides is 1. The first kappa shape index (κ1) is 76.6. The van der Waals surface area contributed by atoms with Gasteiger partial charge >= 0.3 is 0 Å². The van der Waals surface area contributed by atoms with Gasteiger partial charge in [0.2, 0.25) is 5.91 Å². The van der Waals surface area contributed by atoms with Crippen LogP contribution in [-0.4, -0.2) is 34.9 Å². The molecule has 0 radical (unpaired) electrons. The van der Waals surface area contributed by atoms with Crippen LogP contribution in [0.3, 0.4) is 0 Å². The Balaban J connectivity index is 3.46. The summed E-state index contributed by atoms with van der Waals surface area (Å²) >= 11 is 0. The van der Waals surface area contributed by atoms with Crippen molar-refractivity contribution in [2.24, 2.45) is 0 Å². The van der Waals surface area contributed by atoms with E-state index in [2.05, 4.69) is 92.1 Å². The van der Waals surface area contributed by atoms with Crippen molar-refractivity contribution >= 4 is 5.91 Å². The number of aliphatic hydroxyl groups is 2. The fourth-order valence-electron chi connectivity index (χ4n) is 10.8. The van der Waals surface area contributed by atoms with Crippen molar-refractivity contribution in [1.29, 1.82) is 0 Å². The standard InChI is InChI=1S/C75H137NO3/c1-3-5-7-9-11-13-15-17-19-21-23-25-27-29-31-33-34-35-36-37-38-39-40-41-42-43-45-47-49-51-53-55-57-59-61-63-65-67-69-71-75(79)76-73(72-77)74(78)70-68-66-64-62-60-58-56-54-52-50-48-46-44-32-30-28-26-24-22-20-18-16-14-12-10-8-6-4-2/h5,7,11,13,17,19,23,25,29,31,60,62,68,70,73-74,77-78H,3-4,6,8-10,12,14-16,18,20-22,24,26-28,30,32-59,61,63-67,69,71-72H2,1-2H3,(H,76,79)/b7-5-,13-11-,19-17-,25-23-,31-29-,62-60+,70-68+. The summed E-state index contributed by atoms with van der Waals surface area (Å²) in [6, 6.07) is -0.642. The third kappa shape index (κ3) is 66.3. The summed E-state index contributed by atoms with van der Waals surface area (Å²) in [6.07, 6.45) is 103. The van der Waals surface area contributed by atoms with Gasteiger partial charge in [-0.05, 0) is 77.0 Å². The molecule has 0 rings (SSSR count). The molecule has 0 aromatic carbocycles. The van der Waals surface area contributed by atoms with E-state index < -0.39 is 12.1 Å². The maximum absolute atomic E-state index is 12.5. The molecule has 0 saturated heterocycles. The van der Waals surface area contributed by atoms with Gasteiger partial charge < -0.3 is 15.5 Å². The number of unbranched alkanes of at least 4 members (excludes halogenated alkanes) is 46. The molecule has 0 heterocycles. The third-order valence-electron chi connectivity index (χ3n) is 16.1. The molecule has 79 heavy (non-hydrogen) atoms. The monoisotopic (exact) mass is 1100 g/mol. The number of allylic oxidation sites excluding steroid dienone is 13. The highest BCUT2D eigenvalue weighted by molar-refractivity contribution is 5.76. The second-order valence-corrected chi connectivity index (χ2v) is 23.9. The van der Waals surface area contributed by atoms with Crippen LogP contribution in [0.25, 0.3) is 0 Å². The maximum atomic E-state index is 12.5. The van der Waals surface area contributed by atoms with E-state index in [4.69, 9.17) is 0 Å². The Kier molecular flexibility index (Phi) is 67.7. The number of carbonyl (C=O) groups excluding carboxylic acids is 1. The number of hydrogen-bond acceptors (Lipinski definition) is 3. The molecule has 0 saturated carbocycles. The van der Waals surface area contributed by atoms with Gasteiger partial charge in [0.15, 0.2) is 0 Å². The Morgan fingerprint density at radius 1 is 0.316 bits per heavy atom. The van der Waals surface area contributed by atoms with Crippen molar-refractivity contribution in [3.63, 3.8) is 0 Å². The third-order valence-corrected chi connectivity index (χ3v) is 16.1. The van der Waals surface area contributed by atoms with E-state index in [1.54, 1.807) is 6.08 Å². The average molecular weight is 1100 g/mol. The summed E-state index contributed by atoms with van der Waals surface area (Å²) in [5.41, 5.74) is 0. The van der Waals surface area contributed by atoms with Crippen molar-refractivity contribution in [3.8, 4) is 0 Å². The molecule has 0 bridgehead atoms. The minimum absolute atomic E-state index is 0.0682. The number of hydrogen-bond donors (Lipinski definition) is 3. The van der Waals surface area contributed by atoms with E-state index >= 15 is 0 Å². The second kappa shape index (κ2) is 69.8. The molecule has 0 aromatic heterocycles. The minimum atomic E-state index is -0.865. The maximum Gasteiger partial charge on any atom is 0.220 e. The number of rotatable bonds is 65. The van der Waals surface area contributed by atoms with Gasteiger partial charge in [0.1, 0.15) is 0 Å². The van der Waals surface area contributed by atoms with E-state index in [-0.39, 0.29) is 12.5 Å². The summed E-state index contributed by atoms with van der Waals surface area (Å²) in [7, 11) is 0. The minimum Gasteiger partial charge on any atom is -0.394 e. The molecular weight excluding hydrogens is 963 g/mol. The molecule has 0 aromatic rings. The molecule has 2 atom stereocenters. The lowest BCUT2D eigenvalue weighted by molar-refractivity contribution is -0.123. The molecule has 0 spiro atoms. The lowest BCUT2D eigenvalue weighted by Gasteiger charge is -2.19. The van der Waals surface area contributed by atoms with E-state index in [9.17, 15) is 15.0 Å². The van der Waals surface area contributed by atoms with Gasteiger partial charge in [-0.15, -0.1) is 0 Å². The lowest BCUT2D eigenvalue weighted by Crippen LogP contribution is -2.45. The van der Waals surface area contributed by atoms with Crippen LogP contribution in [0.2, 0.25) is 0 Å². The highest BCUT2D eigenvalue weighted by Gasteiger charge is 2.18. The van der Waals surface area contributed by atoms with E-state index in [1.807, 2.05) is 6.08 Å². The Hall–Kier alpha value is -2.43. The summed E-state index contributed by atoms with van der Waals surface area (Å²) in [5, 5.41) is 23.3. The molecule has 4 heteroatoms. The number of nitrogens with one attached hydrogen (secondary N) is 1. The zero-order chi connectivity index (χ0) is 56.9. The number of aliphatic hydroxyl groups excluding tert-OH is 2. The van der Waals surface area contributed by atoms with Crippen molar-refractivity contribution < 1.29 is 15.0 Å². The SMILES string of the molecule is CC/C=C\C/C=C\C/C=C\C/C=C\C/C=C\CCCCCCCCCCCCCCCCCCCCCCCCCC(=O)NC(CO)C(O)/C=C/CC/C=C/CCCCCCCCCCCCCCCCCCCCCCCC. The van der Waals surface area contributed by atoms with Crippen molar-refractivity contribution in [2.45, 2.75) is 379 Å². The van der Waals surface area contributed by atoms with Gasteiger partial charge in [0, 0.05) is 6.42 Å². The van der Waals surface area contributed by atoms with Crippen LogP contribution < -0.4 is 5.32 Å². The van der Waals surface area contributed by atoms with Crippen LogP contribution in [-0.2, 0) is 4.79 Å². The van der Waals surface area contributed by atoms with Gasteiger partial charge in [-0.2, -0.15) is 0 Å². The first-order valence-corrected chi connectivity index (χ1v) is 35.3. The highest BCUT2D eigenvalue weighted by atomic mass is 16.3. The predicted octanol–water partition coefficient (Wildman–Crippen LogP) is 24.2. The van der Waals surface area contributed by atoms with Crippen LogP contribution in [0, 0.1) is 0 Å². The van der Waals surface area contributed by atoms with Crippen molar-refractivity contribution in [2.75, 3.05) is 6.61 Å². The highest BCUT2D eigenvalue weighted by Crippen LogP contribution is 2.18.